The first-order valence-corrected chi connectivity index (χ1v) is 11.8. The molecule has 1 aliphatic rings. The molecule has 0 aliphatic carbocycles. The van der Waals surface area contributed by atoms with E-state index in [1.165, 1.54) is 22.6 Å². The van der Waals surface area contributed by atoms with Crippen LogP contribution in [0.2, 0.25) is 0 Å². The van der Waals surface area contributed by atoms with Crippen molar-refractivity contribution in [3.63, 3.8) is 0 Å². The second-order valence-corrected chi connectivity index (χ2v) is 9.78. The minimum absolute atomic E-state index is 0.00808. The van der Waals surface area contributed by atoms with Gasteiger partial charge in [-0.05, 0) is 56.0 Å². The lowest BCUT2D eigenvalue weighted by atomic mass is 10.00. The van der Waals surface area contributed by atoms with Crippen LogP contribution in [-0.2, 0) is 10.0 Å². The molecule has 5 N–H and O–H groups in total. The number of nitrogen functional groups attached to an aromatic ring is 2. The van der Waals surface area contributed by atoms with Gasteiger partial charge in [-0.2, -0.15) is 22.5 Å². The van der Waals surface area contributed by atoms with E-state index in [-0.39, 0.29) is 35.5 Å². The van der Waals surface area contributed by atoms with Crippen molar-refractivity contribution in [3.05, 3.63) is 30.5 Å². The van der Waals surface area contributed by atoms with Gasteiger partial charge < -0.3 is 16.8 Å². The first-order chi connectivity index (χ1) is 15.1. The lowest BCUT2D eigenvalue weighted by Gasteiger charge is -2.32. The number of sulfonamides is 1. The Bertz CT molecular complexity index is 1010. The summed E-state index contributed by atoms with van der Waals surface area (Å²) in [6.07, 6.45) is -1.96. The molecule has 12 heteroatoms. The van der Waals surface area contributed by atoms with Crippen molar-refractivity contribution in [1.29, 1.82) is 0 Å². The Balaban J connectivity index is 1.60. The van der Waals surface area contributed by atoms with Gasteiger partial charge in [-0.3, -0.25) is 0 Å². The number of hydrogen-bond acceptors (Lipinski definition) is 7. The summed E-state index contributed by atoms with van der Waals surface area (Å²) in [6, 6.07) is 6.31. The average Bonchev–Trinajstić information content (AvgIpc) is 2.73. The molecule has 1 aliphatic heterocycles. The number of alkyl halides is 3. The molecule has 0 saturated carbocycles. The van der Waals surface area contributed by atoms with Crippen LogP contribution in [0.3, 0.4) is 0 Å². The van der Waals surface area contributed by atoms with Crippen LogP contribution in [0.1, 0.15) is 25.7 Å². The first-order valence-electron chi connectivity index (χ1n) is 10.3. The van der Waals surface area contributed by atoms with Crippen LogP contribution in [0.4, 0.5) is 24.9 Å². The smallest absolute Gasteiger partial charge is 0.383 e. The fraction of sp³-hybridized carbons (Fsp3) is 0.500. The molecule has 8 nitrogen and oxygen atoms in total. The van der Waals surface area contributed by atoms with Crippen LogP contribution in [0, 0.1) is 5.92 Å². The molecular weight excluding hydrogens is 445 g/mol. The maximum Gasteiger partial charge on any atom is 0.389 e. The van der Waals surface area contributed by atoms with Crippen molar-refractivity contribution < 1.29 is 21.6 Å². The van der Waals surface area contributed by atoms with E-state index in [0.29, 0.717) is 37.2 Å². The lowest BCUT2D eigenvalue weighted by Crippen LogP contribution is -2.43. The summed E-state index contributed by atoms with van der Waals surface area (Å²) < 4.78 is 64.3. The minimum atomic E-state index is -4.15. The van der Waals surface area contributed by atoms with Gasteiger partial charge in [-0.25, -0.2) is 13.4 Å². The topological polar surface area (TPSA) is 127 Å². The fourth-order valence-corrected chi connectivity index (χ4v) is 5.27. The van der Waals surface area contributed by atoms with Crippen molar-refractivity contribution in [2.75, 3.05) is 37.6 Å². The predicted octanol–water partition coefficient (Wildman–Crippen LogP) is 2.64. The van der Waals surface area contributed by atoms with Crippen molar-refractivity contribution in [2.45, 2.75) is 36.8 Å². The Morgan fingerprint density at radius 3 is 2.56 bits per heavy atom. The second kappa shape index (κ2) is 10.0. The third kappa shape index (κ3) is 6.30. The Kier molecular flexibility index (Phi) is 7.57. The first kappa shape index (κ1) is 24.2. The van der Waals surface area contributed by atoms with E-state index in [0.717, 1.165) is 6.42 Å². The highest BCUT2D eigenvalue weighted by Gasteiger charge is 2.30. The second-order valence-electron chi connectivity index (χ2n) is 7.85. The Morgan fingerprint density at radius 1 is 1.19 bits per heavy atom. The zero-order valence-electron chi connectivity index (χ0n) is 17.5. The maximum absolute atomic E-state index is 13.1. The third-order valence-corrected chi connectivity index (χ3v) is 7.25. The summed E-state index contributed by atoms with van der Waals surface area (Å²) in [6.45, 7) is 1.48. The normalized spacial score (nSPS) is 18.0. The number of rotatable bonds is 8. The van der Waals surface area contributed by atoms with Crippen molar-refractivity contribution in [2.24, 2.45) is 5.92 Å². The number of nitrogens with two attached hydrogens (primary N) is 2. The fourth-order valence-electron chi connectivity index (χ4n) is 3.72. The Hall–Kier alpha value is -2.44. The summed E-state index contributed by atoms with van der Waals surface area (Å²) in [5, 5.41) is 3.02. The quantitative estimate of drug-likeness (QED) is 0.504. The summed E-state index contributed by atoms with van der Waals surface area (Å²) in [5.74, 6) is 0.310. The number of nitrogens with one attached hydrogen (secondary N) is 1. The Labute approximate surface area is 185 Å². The van der Waals surface area contributed by atoms with Crippen LogP contribution in [-0.4, -0.2) is 55.0 Å². The zero-order valence-corrected chi connectivity index (χ0v) is 18.3. The highest BCUT2D eigenvalue weighted by Crippen LogP contribution is 2.28. The molecule has 1 unspecified atom stereocenters. The molecule has 2 aromatic rings. The molecular formula is C20H27F3N6O2S. The molecule has 1 fully saturated rings. The van der Waals surface area contributed by atoms with Gasteiger partial charge in [-0.1, -0.05) is 12.1 Å². The average molecular weight is 473 g/mol. The molecule has 0 radical (unpaired) electrons. The van der Waals surface area contributed by atoms with Gasteiger partial charge >= 0.3 is 6.18 Å². The van der Waals surface area contributed by atoms with Gasteiger partial charge in [0.2, 0.25) is 16.0 Å². The monoisotopic (exact) mass is 472 g/mol. The van der Waals surface area contributed by atoms with Gasteiger partial charge in [0.05, 0.1) is 4.90 Å². The standard InChI is InChI=1S/C20H27F3N6O2S/c21-20(22,23)8-2-9-26-11-14-3-1-10-29(13-14)32(30,31)16-6-4-15(5-7-16)17-12-27-19(25)28-18(17)24/h4-7,12,14,26H,1-3,8-11,13H2,(H4,24,25,27,28). The van der Waals surface area contributed by atoms with Crippen molar-refractivity contribution in [3.8, 4) is 11.1 Å². The third-order valence-electron chi connectivity index (χ3n) is 5.37. The largest absolute Gasteiger partial charge is 0.389 e. The summed E-state index contributed by atoms with van der Waals surface area (Å²) in [7, 11) is -3.69. The minimum Gasteiger partial charge on any atom is -0.383 e. The molecule has 1 aromatic heterocycles. The number of benzene rings is 1. The van der Waals surface area contributed by atoms with Gasteiger partial charge in [-0.15, -0.1) is 0 Å². The number of halogens is 3. The summed E-state index contributed by atoms with van der Waals surface area (Å²) in [5.41, 5.74) is 12.6. The molecule has 3 rings (SSSR count). The van der Waals surface area contributed by atoms with Gasteiger partial charge in [0.25, 0.3) is 0 Å². The number of nitrogens with zero attached hydrogens (tertiary/aromatic N) is 3. The van der Waals surface area contributed by atoms with Crippen molar-refractivity contribution in [1.82, 2.24) is 19.6 Å². The molecule has 1 saturated heterocycles. The predicted molar refractivity (Wildman–Crippen MR) is 116 cm³/mol. The van der Waals surface area contributed by atoms with E-state index < -0.39 is 22.6 Å². The lowest BCUT2D eigenvalue weighted by molar-refractivity contribution is -0.135. The molecule has 32 heavy (non-hydrogen) atoms. The maximum atomic E-state index is 13.1. The van der Waals surface area contributed by atoms with Gasteiger partial charge in [0, 0.05) is 31.3 Å². The highest BCUT2D eigenvalue weighted by atomic mass is 32.2. The van der Waals surface area contributed by atoms with Crippen LogP contribution in [0.25, 0.3) is 11.1 Å². The SMILES string of the molecule is Nc1ncc(-c2ccc(S(=O)(=O)N3CCCC(CNCCCC(F)(F)F)C3)cc2)c(N)n1. The molecule has 1 aromatic carbocycles. The molecule has 0 spiro atoms. The van der Waals surface area contributed by atoms with Gasteiger partial charge in [0.1, 0.15) is 5.82 Å². The number of hydrogen-bond donors (Lipinski definition) is 3. The molecule has 1 atom stereocenters. The number of aromatic nitrogens is 2. The molecule has 0 bridgehead atoms. The van der Waals surface area contributed by atoms with E-state index in [2.05, 4.69) is 15.3 Å². The highest BCUT2D eigenvalue weighted by molar-refractivity contribution is 7.89. The number of piperidine rings is 1. The van der Waals surface area contributed by atoms with Crippen LogP contribution >= 0.6 is 0 Å². The van der Waals surface area contributed by atoms with E-state index in [4.69, 9.17) is 11.5 Å². The summed E-state index contributed by atoms with van der Waals surface area (Å²) >= 11 is 0. The zero-order chi connectivity index (χ0) is 23.4. The van der Waals surface area contributed by atoms with E-state index in [1.54, 1.807) is 12.1 Å². The van der Waals surface area contributed by atoms with E-state index >= 15 is 0 Å². The van der Waals surface area contributed by atoms with Crippen LogP contribution in [0.5, 0.6) is 0 Å². The molecule has 0 amide bonds. The number of anilines is 2. The van der Waals surface area contributed by atoms with E-state index in [9.17, 15) is 21.6 Å². The molecule has 2 heterocycles. The van der Waals surface area contributed by atoms with Gasteiger partial charge in [0.15, 0.2) is 0 Å². The van der Waals surface area contributed by atoms with Crippen LogP contribution < -0.4 is 16.8 Å². The molecule has 176 valence electrons. The van der Waals surface area contributed by atoms with Crippen molar-refractivity contribution >= 4 is 21.8 Å². The van der Waals surface area contributed by atoms with Crippen LogP contribution in [0.15, 0.2) is 35.4 Å². The Morgan fingerprint density at radius 2 is 1.91 bits per heavy atom. The summed E-state index contributed by atoms with van der Waals surface area (Å²) in [4.78, 5) is 7.99. The van der Waals surface area contributed by atoms with E-state index in [1.807, 2.05) is 0 Å².